The third-order valence-corrected chi connectivity index (χ3v) is 6.21. The molecule has 166 valence electrons. The van der Waals surface area contributed by atoms with Crippen molar-refractivity contribution >= 4 is 17.4 Å². The summed E-state index contributed by atoms with van der Waals surface area (Å²) in [6.07, 6.45) is 2.83. The molecule has 1 aliphatic carbocycles. The van der Waals surface area contributed by atoms with Crippen LogP contribution < -0.4 is 10.2 Å². The Balaban J connectivity index is 1.64. The zero-order valence-corrected chi connectivity index (χ0v) is 19.0. The number of benzene rings is 2. The second kappa shape index (κ2) is 9.43. The Bertz CT molecular complexity index is 1070. The number of hydrogen-bond acceptors (Lipinski definition) is 5. The van der Waals surface area contributed by atoms with Gasteiger partial charge in [-0.3, -0.25) is 4.79 Å². The number of carbonyl (C=O) groups excluding carboxylic acids is 2. The smallest absolute Gasteiger partial charge is 0.336 e. The number of ketones is 1. The van der Waals surface area contributed by atoms with Crippen LogP contribution in [0.4, 0.5) is 5.69 Å². The summed E-state index contributed by atoms with van der Waals surface area (Å²) in [7, 11) is 3.98. The van der Waals surface area contributed by atoms with E-state index in [2.05, 4.69) is 5.32 Å². The van der Waals surface area contributed by atoms with Crippen molar-refractivity contribution in [3.05, 3.63) is 88.3 Å². The van der Waals surface area contributed by atoms with Crippen LogP contribution in [0.15, 0.2) is 77.1 Å². The Hall–Kier alpha value is -3.34. The summed E-state index contributed by atoms with van der Waals surface area (Å²) in [6.45, 7) is 2.20. The molecule has 5 heteroatoms. The highest BCUT2D eigenvalue weighted by Crippen LogP contribution is 2.42. The predicted molar refractivity (Wildman–Crippen MR) is 126 cm³/mol. The van der Waals surface area contributed by atoms with Crippen LogP contribution in [0.5, 0.6) is 0 Å². The highest BCUT2D eigenvalue weighted by Gasteiger charge is 2.39. The van der Waals surface area contributed by atoms with Gasteiger partial charge in [0.25, 0.3) is 0 Å². The quantitative estimate of drug-likeness (QED) is 0.684. The van der Waals surface area contributed by atoms with E-state index in [1.165, 1.54) is 0 Å². The lowest BCUT2D eigenvalue weighted by atomic mass is 9.75. The van der Waals surface area contributed by atoms with Gasteiger partial charge in [0.15, 0.2) is 5.78 Å². The molecule has 1 atom stereocenters. The van der Waals surface area contributed by atoms with E-state index in [0.717, 1.165) is 46.6 Å². The predicted octanol–water partition coefficient (Wildman–Crippen LogP) is 4.51. The SMILES string of the molecule is CC1=C(C(=O)OCCc2ccccc2)C(c2ccc(N(C)C)cc2)C2=C(CCCC2=O)N1. The molecule has 0 amide bonds. The number of rotatable bonds is 6. The summed E-state index contributed by atoms with van der Waals surface area (Å²) in [5.41, 5.74) is 6.09. The van der Waals surface area contributed by atoms with Crippen molar-refractivity contribution in [1.29, 1.82) is 0 Å². The second-order valence-corrected chi connectivity index (χ2v) is 8.62. The molecule has 32 heavy (non-hydrogen) atoms. The standard InChI is InChI=1S/C27H30N2O3/c1-18-24(27(31)32-17-16-19-8-5-4-6-9-19)25(20-12-14-21(15-13-20)29(2)3)26-22(28-18)10-7-11-23(26)30/h4-6,8-9,12-15,25,28H,7,10-11,16-17H2,1-3H3. The van der Waals surface area contributed by atoms with Crippen molar-refractivity contribution in [2.75, 3.05) is 25.6 Å². The Morgan fingerprint density at radius 1 is 1.06 bits per heavy atom. The molecule has 1 aliphatic heterocycles. The van der Waals surface area contributed by atoms with E-state index in [9.17, 15) is 9.59 Å². The lowest BCUT2D eigenvalue weighted by Crippen LogP contribution is -2.34. The average molecular weight is 431 g/mol. The van der Waals surface area contributed by atoms with Gasteiger partial charge >= 0.3 is 5.97 Å². The zero-order chi connectivity index (χ0) is 22.7. The molecule has 0 bridgehead atoms. The van der Waals surface area contributed by atoms with Crippen LogP contribution in [0.1, 0.15) is 43.2 Å². The minimum Gasteiger partial charge on any atom is -0.462 e. The molecule has 0 fully saturated rings. The van der Waals surface area contributed by atoms with E-state index >= 15 is 0 Å². The van der Waals surface area contributed by atoms with Gasteiger partial charge in [-0.05, 0) is 43.0 Å². The van der Waals surface area contributed by atoms with E-state index < -0.39 is 5.92 Å². The van der Waals surface area contributed by atoms with Gasteiger partial charge in [-0.1, -0.05) is 42.5 Å². The molecule has 0 radical (unpaired) electrons. The molecule has 2 aliphatic rings. The summed E-state index contributed by atoms with van der Waals surface area (Å²) in [4.78, 5) is 28.3. The summed E-state index contributed by atoms with van der Waals surface area (Å²) in [6, 6.07) is 18.1. The number of Topliss-reactive ketones (excluding diaryl/α,β-unsaturated/α-hetero) is 1. The van der Waals surface area contributed by atoms with Crippen molar-refractivity contribution in [1.82, 2.24) is 5.32 Å². The highest BCUT2D eigenvalue weighted by atomic mass is 16.5. The summed E-state index contributed by atoms with van der Waals surface area (Å²) in [5, 5.41) is 3.35. The molecule has 2 aromatic carbocycles. The second-order valence-electron chi connectivity index (χ2n) is 8.62. The fourth-order valence-corrected chi connectivity index (χ4v) is 4.54. The zero-order valence-electron chi connectivity index (χ0n) is 19.0. The molecule has 2 aromatic rings. The van der Waals surface area contributed by atoms with Gasteiger partial charge in [0.05, 0.1) is 12.2 Å². The van der Waals surface area contributed by atoms with Gasteiger partial charge in [-0.25, -0.2) is 4.79 Å². The van der Waals surface area contributed by atoms with Gasteiger partial charge in [-0.15, -0.1) is 0 Å². The fourth-order valence-electron chi connectivity index (χ4n) is 4.54. The van der Waals surface area contributed by atoms with Gasteiger partial charge in [-0.2, -0.15) is 0 Å². The maximum atomic E-state index is 13.3. The maximum absolute atomic E-state index is 13.3. The van der Waals surface area contributed by atoms with Crippen LogP contribution in [-0.2, 0) is 20.7 Å². The van der Waals surface area contributed by atoms with Crippen molar-refractivity contribution in [3.8, 4) is 0 Å². The number of nitrogens with zero attached hydrogens (tertiary/aromatic N) is 1. The lowest BCUT2D eigenvalue weighted by Gasteiger charge is -2.34. The van der Waals surface area contributed by atoms with E-state index in [1.54, 1.807) is 0 Å². The number of hydrogen-bond donors (Lipinski definition) is 1. The number of nitrogens with one attached hydrogen (secondary N) is 1. The number of ether oxygens (including phenoxy) is 1. The van der Waals surface area contributed by atoms with Crippen molar-refractivity contribution in [2.45, 2.75) is 38.5 Å². The van der Waals surface area contributed by atoms with Crippen LogP contribution in [0, 0.1) is 0 Å². The molecule has 5 nitrogen and oxygen atoms in total. The molecule has 1 N–H and O–H groups in total. The van der Waals surface area contributed by atoms with Gasteiger partial charge < -0.3 is 15.0 Å². The third-order valence-electron chi connectivity index (χ3n) is 6.21. The van der Waals surface area contributed by atoms with E-state index in [-0.39, 0.29) is 11.8 Å². The fraction of sp³-hybridized carbons (Fsp3) is 0.333. The molecule has 0 saturated heterocycles. The molecule has 1 unspecified atom stereocenters. The number of allylic oxidation sites excluding steroid dienone is 3. The normalized spacial score (nSPS) is 18.2. The first kappa shape index (κ1) is 21.9. The van der Waals surface area contributed by atoms with Crippen LogP contribution in [0.2, 0.25) is 0 Å². The van der Waals surface area contributed by atoms with Gasteiger partial charge in [0.2, 0.25) is 0 Å². The monoisotopic (exact) mass is 430 g/mol. The molecule has 0 spiro atoms. The molecule has 1 heterocycles. The third kappa shape index (κ3) is 4.47. The molecular formula is C27H30N2O3. The van der Waals surface area contributed by atoms with Crippen molar-refractivity contribution < 1.29 is 14.3 Å². The van der Waals surface area contributed by atoms with E-state index in [0.29, 0.717) is 25.0 Å². The van der Waals surface area contributed by atoms with Crippen molar-refractivity contribution in [3.63, 3.8) is 0 Å². The first-order valence-electron chi connectivity index (χ1n) is 11.2. The first-order chi connectivity index (χ1) is 15.5. The summed E-state index contributed by atoms with van der Waals surface area (Å²) in [5.74, 6) is -0.653. The van der Waals surface area contributed by atoms with Crippen LogP contribution in [0.25, 0.3) is 0 Å². The van der Waals surface area contributed by atoms with Crippen molar-refractivity contribution in [2.24, 2.45) is 0 Å². The average Bonchev–Trinajstić information content (AvgIpc) is 2.79. The number of esters is 1. The molecule has 4 rings (SSSR count). The highest BCUT2D eigenvalue weighted by molar-refractivity contribution is 6.03. The Labute approximate surface area is 189 Å². The Kier molecular flexibility index (Phi) is 6.45. The van der Waals surface area contributed by atoms with Crippen LogP contribution in [-0.4, -0.2) is 32.5 Å². The maximum Gasteiger partial charge on any atom is 0.336 e. The number of carbonyl (C=O) groups is 2. The number of anilines is 1. The minimum atomic E-state index is -0.403. The topological polar surface area (TPSA) is 58.6 Å². The summed E-state index contributed by atoms with van der Waals surface area (Å²) < 4.78 is 5.71. The van der Waals surface area contributed by atoms with Gasteiger partial charge in [0.1, 0.15) is 0 Å². The van der Waals surface area contributed by atoms with Crippen LogP contribution >= 0.6 is 0 Å². The largest absolute Gasteiger partial charge is 0.462 e. The Morgan fingerprint density at radius 2 is 1.78 bits per heavy atom. The minimum absolute atomic E-state index is 0.113. The molecule has 0 saturated carbocycles. The van der Waals surface area contributed by atoms with E-state index in [4.69, 9.17) is 4.74 Å². The molecule has 0 aromatic heterocycles. The van der Waals surface area contributed by atoms with Crippen LogP contribution in [0.3, 0.4) is 0 Å². The molecular weight excluding hydrogens is 400 g/mol. The lowest BCUT2D eigenvalue weighted by molar-refractivity contribution is -0.139. The van der Waals surface area contributed by atoms with Gasteiger partial charge in [0, 0.05) is 55.5 Å². The first-order valence-corrected chi connectivity index (χ1v) is 11.2. The van der Waals surface area contributed by atoms with E-state index in [1.807, 2.05) is 80.5 Å². The summed E-state index contributed by atoms with van der Waals surface area (Å²) >= 11 is 0. The Morgan fingerprint density at radius 3 is 2.47 bits per heavy atom. The number of dihydropyridines is 1.